The molecule has 0 bridgehead atoms. The Bertz CT molecular complexity index is 174. The summed E-state index contributed by atoms with van der Waals surface area (Å²) >= 11 is 0. The van der Waals surface area contributed by atoms with E-state index in [0.717, 1.165) is 0 Å². The van der Waals surface area contributed by atoms with E-state index >= 15 is 0 Å². The lowest BCUT2D eigenvalue weighted by molar-refractivity contribution is 0.122. The normalized spacial score (nSPS) is 24.4. The fourth-order valence-corrected chi connectivity index (χ4v) is 0.506. The van der Waals surface area contributed by atoms with Gasteiger partial charge in [0.1, 0.15) is 0 Å². The summed E-state index contributed by atoms with van der Waals surface area (Å²) in [4.78, 5) is 0. The van der Waals surface area contributed by atoms with Crippen LogP contribution in [0.2, 0.25) is 0 Å². The van der Waals surface area contributed by atoms with Crippen LogP contribution in [0.25, 0.3) is 0 Å². The van der Waals surface area contributed by atoms with Gasteiger partial charge in [-0.25, -0.2) is 5.53 Å². The van der Waals surface area contributed by atoms with Crippen molar-refractivity contribution >= 4 is 0 Å². The Morgan fingerprint density at radius 1 is 1.78 bits per heavy atom. The molecule has 4 nitrogen and oxygen atoms in total. The lowest BCUT2D eigenvalue weighted by atomic mass is 10.3. The number of rotatable bonds is 1. The van der Waals surface area contributed by atoms with E-state index in [1.165, 1.54) is 18.4 Å². The van der Waals surface area contributed by atoms with E-state index in [0.29, 0.717) is 0 Å². The van der Waals surface area contributed by atoms with Crippen LogP contribution in [0, 0.1) is 5.53 Å². The van der Waals surface area contributed by atoms with Gasteiger partial charge in [0.25, 0.3) is 6.23 Å². The summed E-state index contributed by atoms with van der Waals surface area (Å²) in [5.41, 5.74) is 6.49. The first-order valence-electron chi connectivity index (χ1n) is 2.42. The third kappa shape index (κ3) is 1.07. The molecule has 1 rings (SSSR count). The Kier molecular flexibility index (Phi) is 1.48. The Balaban J connectivity index is 2.69. The fourth-order valence-electron chi connectivity index (χ4n) is 0.506. The van der Waals surface area contributed by atoms with Crippen LogP contribution < -0.4 is 0 Å². The van der Waals surface area contributed by atoms with Gasteiger partial charge in [-0.05, 0) is 12.2 Å². The molecule has 0 fully saturated rings. The summed E-state index contributed by atoms with van der Waals surface area (Å²) in [6.07, 6.45) is 3.53. The number of nitrogens with one attached hydrogen (secondary N) is 1. The Hall–Kier alpha value is -1.32. The smallest absolute Gasteiger partial charge is 0.264 e. The van der Waals surface area contributed by atoms with Crippen molar-refractivity contribution in [1.82, 2.24) is 0 Å². The van der Waals surface area contributed by atoms with Crippen molar-refractivity contribution in [2.24, 2.45) is 5.11 Å². The van der Waals surface area contributed by atoms with E-state index < -0.39 is 6.23 Å². The van der Waals surface area contributed by atoms with E-state index in [1.807, 2.05) is 0 Å². The van der Waals surface area contributed by atoms with Crippen molar-refractivity contribution < 1.29 is 9.84 Å². The van der Waals surface area contributed by atoms with Gasteiger partial charge in [0.05, 0.1) is 6.26 Å². The van der Waals surface area contributed by atoms with Gasteiger partial charge in [0.15, 0.2) is 5.76 Å². The average molecular weight is 126 g/mol. The average Bonchev–Trinajstić information content (AvgIpc) is 1.89. The summed E-state index contributed by atoms with van der Waals surface area (Å²) in [7, 11) is 0. The predicted molar refractivity (Wildman–Crippen MR) is 29.9 cm³/mol. The molecule has 0 saturated carbocycles. The number of nitrogens with zero attached hydrogens (tertiary/aromatic N) is 1. The van der Waals surface area contributed by atoms with E-state index in [9.17, 15) is 0 Å². The van der Waals surface area contributed by atoms with Crippen molar-refractivity contribution in [1.29, 1.82) is 5.53 Å². The van der Waals surface area contributed by atoms with Gasteiger partial charge in [0, 0.05) is 0 Å². The van der Waals surface area contributed by atoms with Crippen molar-refractivity contribution in [3.05, 3.63) is 24.2 Å². The monoisotopic (exact) mass is 126 g/mol. The SMILES string of the molecule is N=NC1OC=CC=C1O. The van der Waals surface area contributed by atoms with Gasteiger partial charge in [-0.15, -0.1) is 5.11 Å². The van der Waals surface area contributed by atoms with Gasteiger partial charge in [-0.3, -0.25) is 0 Å². The van der Waals surface area contributed by atoms with Gasteiger partial charge in [-0.1, -0.05) is 0 Å². The Labute approximate surface area is 52.0 Å². The largest absolute Gasteiger partial charge is 0.506 e. The van der Waals surface area contributed by atoms with Crippen LogP contribution in [0.15, 0.2) is 29.3 Å². The van der Waals surface area contributed by atoms with Gasteiger partial charge >= 0.3 is 0 Å². The van der Waals surface area contributed by atoms with E-state index in [2.05, 4.69) is 9.85 Å². The quantitative estimate of drug-likeness (QED) is 0.520. The topological polar surface area (TPSA) is 65.7 Å². The highest BCUT2D eigenvalue weighted by Gasteiger charge is 2.12. The molecule has 0 aliphatic carbocycles. The molecule has 0 spiro atoms. The minimum atomic E-state index is -0.824. The molecule has 0 saturated heterocycles. The zero-order chi connectivity index (χ0) is 6.69. The predicted octanol–water partition coefficient (Wildman–Crippen LogP) is 1.33. The van der Waals surface area contributed by atoms with E-state index in [1.54, 1.807) is 0 Å². The number of allylic oxidation sites excluding steroid dienone is 2. The van der Waals surface area contributed by atoms with Gasteiger partial charge in [0.2, 0.25) is 0 Å². The maximum atomic E-state index is 8.84. The standard InChI is InChI=1S/C5H6N2O2/c6-7-5-4(8)2-1-3-9-5/h1-3,5-6,8H. The third-order valence-electron chi connectivity index (χ3n) is 0.923. The van der Waals surface area contributed by atoms with Crippen LogP contribution in [0.3, 0.4) is 0 Å². The fraction of sp³-hybridized carbons (Fsp3) is 0.200. The maximum absolute atomic E-state index is 8.84. The highest BCUT2D eigenvalue weighted by Crippen LogP contribution is 2.09. The molecule has 0 aromatic heterocycles. The molecule has 0 amide bonds. The molecular formula is C5H6N2O2. The number of ether oxygens (including phenoxy) is 1. The first-order valence-corrected chi connectivity index (χ1v) is 2.42. The lowest BCUT2D eigenvalue weighted by Gasteiger charge is -2.10. The summed E-state index contributed by atoms with van der Waals surface area (Å²) in [5, 5.41) is 11.8. The molecule has 1 aliphatic rings. The molecule has 9 heavy (non-hydrogen) atoms. The van der Waals surface area contributed by atoms with Crippen LogP contribution >= 0.6 is 0 Å². The van der Waals surface area contributed by atoms with Crippen molar-refractivity contribution in [2.75, 3.05) is 0 Å². The summed E-state index contributed by atoms with van der Waals surface area (Å²) in [6.45, 7) is 0. The molecule has 0 aromatic carbocycles. The maximum Gasteiger partial charge on any atom is 0.264 e. The molecule has 1 aliphatic heterocycles. The molecular weight excluding hydrogens is 120 g/mol. The van der Waals surface area contributed by atoms with Crippen molar-refractivity contribution in [3.63, 3.8) is 0 Å². The molecule has 4 heteroatoms. The van der Waals surface area contributed by atoms with Gasteiger partial charge < -0.3 is 9.84 Å². The number of aliphatic hydroxyl groups is 1. The second-order valence-electron chi connectivity index (χ2n) is 1.54. The van der Waals surface area contributed by atoms with Crippen LogP contribution in [0.1, 0.15) is 0 Å². The van der Waals surface area contributed by atoms with Crippen LogP contribution in [-0.4, -0.2) is 11.3 Å². The molecule has 1 unspecified atom stereocenters. The minimum absolute atomic E-state index is 0.0347. The number of aliphatic hydroxyl groups excluding tert-OH is 1. The second-order valence-corrected chi connectivity index (χ2v) is 1.54. The summed E-state index contributed by atoms with van der Waals surface area (Å²) in [5.74, 6) is -0.0347. The molecule has 0 radical (unpaired) electrons. The lowest BCUT2D eigenvalue weighted by Crippen LogP contribution is -2.10. The zero-order valence-corrected chi connectivity index (χ0v) is 4.61. The van der Waals surface area contributed by atoms with Crippen LogP contribution in [-0.2, 0) is 4.74 Å². The van der Waals surface area contributed by atoms with E-state index in [-0.39, 0.29) is 5.76 Å². The van der Waals surface area contributed by atoms with E-state index in [4.69, 9.17) is 10.6 Å². The van der Waals surface area contributed by atoms with Crippen LogP contribution in [0.5, 0.6) is 0 Å². The van der Waals surface area contributed by atoms with Crippen LogP contribution in [0.4, 0.5) is 0 Å². The van der Waals surface area contributed by atoms with Gasteiger partial charge in [-0.2, -0.15) is 0 Å². The number of hydrogen-bond acceptors (Lipinski definition) is 4. The first kappa shape index (κ1) is 5.81. The molecule has 1 heterocycles. The number of hydrogen-bond donors (Lipinski definition) is 2. The molecule has 48 valence electrons. The highest BCUT2D eigenvalue weighted by atomic mass is 16.5. The third-order valence-corrected chi connectivity index (χ3v) is 0.923. The minimum Gasteiger partial charge on any atom is -0.506 e. The van der Waals surface area contributed by atoms with Crippen molar-refractivity contribution in [3.8, 4) is 0 Å². The zero-order valence-electron chi connectivity index (χ0n) is 4.61. The summed E-state index contributed by atoms with van der Waals surface area (Å²) < 4.78 is 4.69. The Morgan fingerprint density at radius 3 is 3.00 bits per heavy atom. The summed E-state index contributed by atoms with van der Waals surface area (Å²) in [6, 6.07) is 0. The Morgan fingerprint density at radius 2 is 2.56 bits per heavy atom. The molecule has 0 aromatic rings. The molecule has 1 atom stereocenters. The second kappa shape index (κ2) is 2.30. The molecule has 2 N–H and O–H groups in total. The highest BCUT2D eigenvalue weighted by molar-refractivity contribution is 5.11. The first-order chi connectivity index (χ1) is 4.34. The van der Waals surface area contributed by atoms with Crippen molar-refractivity contribution in [2.45, 2.75) is 6.23 Å².